The van der Waals surface area contributed by atoms with Crippen molar-refractivity contribution < 1.29 is 15.3 Å². The smallest absolute Gasteiger partial charge is 0.115 e. The van der Waals surface area contributed by atoms with Crippen molar-refractivity contribution in [2.45, 2.75) is 22.7 Å². The lowest BCUT2D eigenvalue weighted by molar-refractivity contribution is -0.0220. The maximum absolute atomic E-state index is 9.14. The van der Waals surface area contributed by atoms with E-state index in [4.69, 9.17) is 54.6 Å². The van der Waals surface area contributed by atoms with E-state index in [0.717, 1.165) is 0 Å². The minimum absolute atomic E-state index is 0.774. The summed E-state index contributed by atoms with van der Waals surface area (Å²) in [5, 5.41) is 22.0. The molecule has 0 heterocycles. The summed E-state index contributed by atoms with van der Waals surface area (Å²) in [5.74, 6) is 0. The van der Waals surface area contributed by atoms with Crippen molar-refractivity contribution in [1.29, 1.82) is 0 Å². The Kier molecular flexibility index (Phi) is 3.22. The van der Waals surface area contributed by atoms with Crippen molar-refractivity contribution in [3.8, 4) is 0 Å². The minimum Gasteiger partial charge on any atom is -0.409 e. The van der Waals surface area contributed by atoms with Crippen molar-refractivity contribution in [3.63, 3.8) is 0 Å². The van der Waals surface area contributed by atoms with Gasteiger partial charge < -0.3 is 15.3 Å². The van der Waals surface area contributed by atoms with E-state index in [1.165, 1.54) is 0 Å². The summed E-state index contributed by atoms with van der Waals surface area (Å²) in [6.07, 6.45) is -0.774. The van der Waals surface area contributed by atoms with Crippen molar-refractivity contribution in [3.05, 3.63) is 0 Å². The molecule has 10 radical (unpaired) electrons. The molecule has 0 aromatic rings. The van der Waals surface area contributed by atoms with Gasteiger partial charge in [-0.15, -0.1) is 0 Å². The van der Waals surface area contributed by atoms with Crippen LogP contribution in [0.5, 0.6) is 0 Å². The van der Waals surface area contributed by atoms with E-state index in [9.17, 15) is 0 Å². The molecule has 0 amide bonds. The first-order valence-corrected chi connectivity index (χ1v) is 3.07. The van der Waals surface area contributed by atoms with Crippen LogP contribution in [0.3, 0.4) is 0 Å². The highest BCUT2D eigenvalue weighted by Gasteiger charge is 2.38. The lowest BCUT2D eigenvalue weighted by Gasteiger charge is -2.41. The minimum atomic E-state index is -2.58. The van der Waals surface area contributed by atoms with Gasteiger partial charge in [-0.2, -0.15) is 0 Å². The van der Waals surface area contributed by atoms with Gasteiger partial charge in [0.25, 0.3) is 0 Å². The van der Waals surface area contributed by atoms with E-state index in [1.807, 2.05) is 0 Å². The van der Waals surface area contributed by atoms with Gasteiger partial charge in [-0.25, -0.2) is 0 Å². The molecule has 0 aromatic heterocycles. The standard InChI is InChI=1S/C4H5B5O3/c5-2(10,4(8,9)12)1-3(6,7)11/h10-12H,1H2. The van der Waals surface area contributed by atoms with Gasteiger partial charge in [0.2, 0.25) is 0 Å². The molecule has 0 saturated heterocycles. The number of hydrogen-bond acceptors (Lipinski definition) is 3. The van der Waals surface area contributed by atoms with Crippen LogP contribution in [0.25, 0.3) is 0 Å². The molecular weight excluding hydrogens is 150 g/mol. The largest absolute Gasteiger partial charge is 0.409 e. The average Bonchev–Trinajstić information content (AvgIpc) is 1.52. The Hall–Kier alpha value is 0.205. The third-order valence-electron chi connectivity index (χ3n) is 1.25. The van der Waals surface area contributed by atoms with Crippen molar-refractivity contribution in [1.82, 2.24) is 0 Å². The van der Waals surface area contributed by atoms with Crippen LogP contribution in [0.2, 0.25) is 0 Å². The molecule has 8 heteroatoms. The number of aliphatic hydroxyl groups is 3. The van der Waals surface area contributed by atoms with E-state index in [0.29, 0.717) is 0 Å². The summed E-state index contributed by atoms with van der Waals surface area (Å²) in [6, 6.07) is 0. The zero-order valence-electron chi connectivity index (χ0n) is 6.44. The van der Waals surface area contributed by atoms with Crippen molar-refractivity contribution in [2.75, 3.05) is 0 Å². The van der Waals surface area contributed by atoms with Gasteiger partial charge in [-0.3, -0.25) is 0 Å². The van der Waals surface area contributed by atoms with E-state index in [-0.39, 0.29) is 0 Å². The zero-order chi connectivity index (χ0) is 10.2. The van der Waals surface area contributed by atoms with Crippen LogP contribution in [-0.2, 0) is 0 Å². The van der Waals surface area contributed by atoms with Gasteiger partial charge in [-0.05, 0) is 11.8 Å². The predicted octanol–water partition coefficient (Wildman–Crippen LogP) is -3.80. The summed E-state index contributed by atoms with van der Waals surface area (Å²) in [7, 11) is 24.5. The van der Waals surface area contributed by atoms with Gasteiger partial charge in [0.05, 0.1) is 15.7 Å². The Balaban J connectivity index is 4.44. The summed E-state index contributed by atoms with van der Waals surface area (Å²) >= 11 is 0. The molecule has 1 atom stereocenters. The lowest BCUT2D eigenvalue weighted by Crippen LogP contribution is -2.59. The molecule has 54 valence electrons. The molecule has 0 bridgehead atoms. The molecule has 3 nitrogen and oxygen atoms in total. The molecule has 0 spiro atoms. The Morgan fingerprint density at radius 3 is 1.25 bits per heavy atom. The first-order valence-electron chi connectivity index (χ1n) is 3.07. The van der Waals surface area contributed by atoms with Crippen molar-refractivity contribution >= 4 is 39.2 Å². The van der Waals surface area contributed by atoms with Gasteiger partial charge in [-0.1, -0.05) is 0 Å². The molecule has 1 unspecified atom stereocenters. The summed E-state index contributed by atoms with van der Waals surface area (Å²) in [6.45, 7) is 0. The van der Waals surface area contributed by atoms with Crippen LogP contribution >= 0.6 is 0 Å². The first-order chi connectivity index (χ1) is 4.96. The maximum Gasteiger partial charge on any atom is 0.115 e. The van der Waals surface area contributed by atoms with E-state index >= 15 is 0 Å². The quantitative estimate of drug-likeness (QED) is 0.366. The third-order valence-corrected chi connectivity index (χ3v) is 1.25. The number of rotatable bonds is 3. The highest BCUT2D eigenvalue weighted by atomic mass is 16.3. The van der Waals surface area contributed by atoms with Gasteiger partial charge in [0.15, 0.2) is 0 Å². The van der Waals surface area contributed by atoms with Gasteiger partial charge in [0, 0.05) is 10.9 Å². The molecule has 0 aromatic carbocycles. The Bertz CT molecular complexity index is 157. The Morgan fingerprint density at radius 1 is 0.833 bits per heavy atom. The molecule has 0 fully saturated rings. The van der Waals surface area contributed by atoms with E-state index < -0.39 is 22.7 Å². The fourth-order valence-corrected chi connectivity index (χ4v) is 0.573. The van der Waals surface area contributed by atoms with Crippen LogP contribution in [-0.4, -0.2) is 70.9 Å². The molecule has 0 aliphatic heterocycles. The summed E-state index contributed by atoms with van der Waals surface area (Å²) in [4.78, 5) is 0. The summed E-state index contributed by atoms with van der Waals surface area (Å²) < 4.78 is 0. The SMILES string of the molecule is [B]C([B])(O)CC([B])(O)C([B])([B])O. The Morgan fingerprint density at radius 2 is 1.17 bits per heavy atom. The predicted molar refractivity (Wildman–Crippen MR) is 48.2 cm³/mol. The Labute approximate surface area is 78.0 Å². The van der Waals surface area contributed by atoms with Crippen LogP contribution in [0.15, 0.2) is 0 Å². The molecule has 0 aliphatic carbocycles. The second kappa shape index (κ2) is 3.16. The normalized spacial score (nSPS) is 18.6. The average molecular weight is 155 g/mol. The molecule has 0 saturated carbocycles. The van der Waals surface area contributed by atoms with Crippen molar-refractivity contribution in [2.24, 2.45) is 0 Å². The molecule has 12 heavy (non-hydrogen) atoms. The highest BCUT2D eigenvalue weighted by molar-refractivity contribution is 6.44. The van der Waals surface area contributed by atoms with Gasteiger partial charge >= 0.3 is 0 Å². The number of hydrogen-bond donors (Lipinski definition) is 3. The van der Waals surface area contributed by atoms with E-state index in [1.54, 1.807) is 0 Å². The van der Waals surface area contributed by atoms with Crippen LogP contribution in [0.4, 0.5) is 0 Å². The second-order valence-electron chi connectivity index (χ2n) is 2.92. The molecule has 3 N–H and O–H groups in total. The topological polar surface area (TPSA) is 60.7 Å². The van der Waals surface area contributed by atoms with E-state index in [2.05, 4.69) is 0 Å². The second-order valence-corrected chi connectivity index (χ2v) is 2.92. The van der Waals surface area contributed by atoms with Gasteiger partial charge in [0.1, 0.15) is 23.5 Å². The fourth-order valence-electron chi connectivity index (χ4n) is 0.573. The fraction of sp³-hybridized carbons (Fsp3) is 1.00. The van der Waals surface area contributed by atoms with Crippen LogP contribution in [0.1, 0.15) is 6.42 Å². The highest BCUT2D eigenvalue weighted by Crippen LogP contribution is 2.21. The molecule has 0 rings (SSSR count). The van der Waals surface area contributed by atoms with Crippen LogP contribution in [0, 0.1) is 0 Å². The lowest BCUT2D eigenvalue weighted by atomic mass is 9.44. The monoisotopic (exact) mass is 156 g/mol. The molecule has 0 aliphatic rings. The first kappa shape index (κ1) is 12.2. The molecular formula is C4H5B5O3. The third kappa shape index (κ3) is 3.74. The maximum atomic E-state index is 9.14. The zero-order valence-corrected chi connectivity index (χ0v) is 6.44. The van der Waals surface area contributed by atoms with Crippen LogP contribution < -0.4 is 0 Å². The summed E-state index contributed by atoms with van der Waals surface area (Å²) in [5.41, 5.74) is -2.47.